The van der Waals surface area contributed by atoms with Gasteiger partial charge in [-0.15, -0.1) is 0 Å². The molecule has 0 saturated heterocycles. The molecule has 7 nitrogen and oxygen atoms in total. The van der Waals surface area contributed by atoms with Crippen molar-refractivity contribution in [1.29, 1.82) is 0 Å². The zero-order valence-corrected chi connectivity index (χ0v) is 11.7. The second kappa shape index (κ2) is 6.60. The highest BCUT2D eigenvalue weighted by atomic mass is 16.3. The van der Waals surface area contributed by atoms with E-state index in [1.54, 1.807) is 25.2 Å². The Morgan fingerprint density at radius 3 is 2.29 bits per heavy atom. The number of nitrogens with zero attached hydrogens (tertiary/aromatic N) is 1. The Hall–Kier alpha value is -2.77. The monoisotopic (exact) mass is 289 g/mol. The summed E-state index contributed by atoms with van der Waals surface area (Å²) in [6.07, 6.45) is 0.750. The SMILES string of the molecule is CC=O.[B]c1c(O)c(O)n(-c2ccc(N)c(NC)c2)c1O. The van der Waals surface area contributed by atoms with Crippen LogP contribution in [0, 0.1) is 0 Å². The Kier molecular flexibility index (Phi) is 5.12. The topological polar surface area (TPSA) is 121 Å². The molecule has 6 N–H and O–H groups in total. The number of nitrogen functional groups attached to an aromatic ring is 1. The average Bonchev–Trinajstić information content (AvgIpc) is 2.65. The lowest BCUT2D eigenvalue weighted by Crippen LogP contribution is -2.02. The van der Waals surface area contributed by atoms with Gasteiger partial charge >= 0.3 is 0 Å². The molecule has 2 radical (unpaired) electrons. The fraction of sp³-hybridized carbons (Fsp3) is 0.154. The Balaban J connectivity index is 0.000000677. The third-order valence-corrected chi connectivity index (χ3v) is 2.70. The zero-order valence-electron chi connectivity index (χ0n) is 11.7. The van der Waals surface area contributed by atoms with Gasteiger partial charge in [-0.3, -0.25) is 0 Å². The smallest absolute Gasteiger partial charge is 0.241 e. The first-order chi connectivity index (χ1) is 9.88. The zero-order chi connectivity index (χ0) is 16.2. The fourth-order valence-electron chi connectivity index (χ4n) is 1.70. The normalized spacial score (nSPS) is 9.62. The number of nitrogens with one attached hydrogen (secondary N) is 1. The van der Waals surface area contributed by atoms with Gasteiger partial charge in [-0.2, -0.15) is 0 Å². The molecule has 1 aromatic carbocycles. The van der Waals surface area contributed by atoms with Gasteiger partial charge in [-0.25, -0.2) is 4.57 Å². The minimum absolute atomic E-state index is 0.282. The summed E-state index contributed by atoms with van der Waals surface area (Å²) in [5.41, 5.74) is 6.99. The van der Waals surface area contributed by atoms with Gasteiger partial charge in [0.1, 0.15) is 14.1 Å². The number of aromatic nitrogens is 1. The Morgan fingerprint density at radius 2 is 1.86 bits per heavy atom. The number of carbonyl (C=O) groups excluding carboxylic acids is 1. The molecule has 0 fully saturated rings. The van der Waals surface area contributed by atoms with Gasteiger partial charge in [0, 0.05) is 12.5 Å². The van der Waals surface area contributed by atoms with Crippen LogP contribution >= 0.6 is 0 Å². The molecule has 0 saturated carbocycles. The lowest BCUT2D eigenvalue weighted by atomic mass is 9.99. The largest absolute Gasteiger partial charge is 0.503 e. The minimum Gasteiger partial charge on any atom is -0.503 e. The number of carbonyl (C=O) groups is 1. The van der Waals surface area contributed by atoms with Crippen molar-refractivity contribution in [3.63, 3.8) is 0 Å². The van der Waals surface area contributed by atoms with Crippen molar-refractivity contribution in [2.24, 2.45) is 0 Å². The number of aldehydes is 1. The second-order valence-corrected chi connectivity index (χ2v) is 4.00. The van der Waals surface area contributed by atoms with E-state index >= 15 is 0 Å². The van der Waals surface area contributed by atoms with Crippen LogP contribution in [0.25, 0.3) is 5.69 Å². The summed E-state index contributed by atoms with van der Waals surface area (Å²) in [6, 6.07) is 4.79. The first-order valence-corrected chi connectivity index (χ1v) is 5.97. The number of nitrogens with two attached hydrogens (primary N) is 1. The van der Waals surface area contributed by atoms with Crippen LogP contribution in [0.2, 0.25) is 0 Å². The highest BCUT2D eigenvalue weighted by Crippen LogP contribution is 2.35. The van der Waals surface area contributed by atoms with Gasteiger partial charge in [-0.05, 0) is 25.1 Å². The van der Waals surface area contributed by atoms with Crippen LogP contribution < -0.4 is 16.5 Å². The molecule has 0 spiro atoms. The van der Waals surface area contributed by atoms with Gasteiger partial charge in [0.15, 0.2) is 11.6 Å². The van der Waals surface area contributed by atoms with Crippen LogP contribution in [-0.2, 0) is 4.79 Å². The Labute approximate surface area is 123 Å². The maximum absolute atomic E-state index is 9.75. The predicted octanol–water partition coefficient (Wildman–Crippen LogP) is 0.217. The molecular weight excluding hydrogens is 273 g/mol. The average molecular weight is 289 g/mol. The molecule has 2 rings (SSSR count). The first-order valence-electron chi connectivity index (χ1n) is 5.97. The summed E-state index contributed by atoms with van der Waals surface area (Å²) in [6.45, 7) is 1.44. The van der Waals surface area contributed by atoms with E-state index in [0.29, 0.717) is 17.1 Å². The summed E-state index contributed by atoms with van der Waals surface area (Å²) in [7, 11) is 7.11. The third-order valence-electron chi connectivity index (χ3n) is 2.70. The minimum atomic E-state index is -0.560. The van der Waals surface area contributed by atoms with Crippen LogP contribution in [-0.4, -0.2) is 41.1 Å². The maximum atomic E-state index is 9.75. The van der Waals surface area contributed by atoms with Crippen LogP contribution in [0.5, 0.6) is 17.5 Å². The number of aromatic hydroxyl groups is 3. The van der Waals surface area contributed by atoms with Crippen molar-refractivity contribution in [2.45, 2.75) is 6.92 Å². The van der Waals surface area contributed by atoms with Crippen LogP contribution in [0.3, 0.4) is 0 Å². The molecule has 1 heterocycles. The third kappa shape index (κ3) is 3.05. The quantitative estimate of drug-likeness (QED) is 0.306. The van der Waals surface area contributed by atoms with E-state index in [4.69, 9.17) is 18.4 Å². The van der Waals surface area contributed by atoms with E-state index in [9.17, 15) is 15.3 Å². The molecular formula is C13H16BN3O4. The molecule has 0 atom stereocenters. The molecule has 0 aliphatic carbocycles. The molecule has 0 amide bonds. The van der Waals surface area contributed by atoms with Crippen LogP contribution in [0.15, 0.2) is 18.2 Å². The maximum Gasteiger partial charge on any atom is 0.241 e. The Morgan fingerprint density at radius 1 is 1.29 bits per heavy atom. The number of benzene rings is 1. The molecule has 21 heavy (non-hydrogen) atoms. The van der Waals surface area contributed by atoms with E-state index < -0.39 is 17.5 Å². The molecule has 0 aliphatic heterocycles. The first kappa shape index (κ1) is 16.3. The Bertz CT molecular complexity index is 630. The molecule has 8 heteroatoms. The predicted molar refractivity (Wildman–Crippen MR) is 81.8 cm³/mol. The highest BCUT2D eigenvalue weighted by Gasteiger charge is 2.19. The van der Waals surface area contributed by atoms with Gasteiger partial charge in [0.25, 0.3) is 0 Å². The fourth-order valence-corrected chi connectivity index (χ4v) is 1.70. The van der Waals surface area contributed by atoms with Crippen molar-refractivity contribution >= 4 is 31.0 Å². The standard InChI is InChI=1S/C11H12BN3O3.C2H4O/c1-14-7-4-5(2-3-6(7)13)15-10(17)8(12)9(16)11(15)18;1-2-3/h2-4,14,16-18H,13H2,1H3;2H,1H3. The number of hydrogen-bond donors (Lipinski definition) is 5. The molecule has 0 aliphatic rings. The van der Waals surface area contributed by atoms with Crippen molar-refractivity contribution < 1.29 is 20.1 Å². The van der Waals surface area contributed by atoms with E-state index in [1.807, 2.05) is 0 Å². The van der Waals surface area contributed by atoms with Crippen LogP contribution in [0.4, 0.5) is 11.4 Å². The van der Waals surface area contributed by atoms with Gasteiger partial charge in [0.05, 0.1) is 17.1 Å². The van der Waals surface area contributed by atoms with E-state index in [1.165, 1.54) is 6.92 Å². The molecule has 110 valence electrons. The van der Waals surface area contributed by atoms with Crippen molar-refractivity contribution in [2.75, 3.05) is 18.1 Å². The summed E-state index contributed by atoms with van der Waals surface area (Å²) in [5.74, 6) is -1.52. The van der Waals surface area contributed by atoms with Crippen LogP contribution in [0.1, 0.15) is 6.92 Å². The number of hydrogen-bond acceptors (Lipinski definition) is 6. The van der Waals surface area contributed by atoms with E-state index in [0.717, 1.165) is 10.9 Å². The molecule has 1 aromatic heterocycles. The number of anilines is 2. The summed E-state index contributed by atoms with van der Waals surface area (Å²) in [4.78, 5) is 8.81. The van der Waals surface area contributed by atoms with Gasteiger partial charge in [0.2, 0.25) is 5.88 Å². The van der Waals surface area contributed by atoms with E-state index in [2.05, 4.69) is 5.32 Å². The lowest BCUT2D eigenvalue weighted by Gasteiger charge is -2.10. The lowest BCUT2D eigenvalue weighted by molar-refractivity contribution is -0.106. The molecule has 0 unspecified atom stereocenters. The van der Waals surface area contributed by atoms with Crippen molar-refractivity contribution in [3.8, 4) is 23.2 Å². The second-order valence-electron chi connectivity index (χ2n) is 4.00. The summed E-state index contributed by atoms with van der Waals surface area (Å²) in [5, 5.41) is 31.8. The van der Waals surface area contributed by atoms with E-state index in [-0.39, 0.29) is 5.46 Å². The van der Waals surface area contributed by atoms with Crippen molar-refractivity contribution in [3.05, 3.63) is 18.2 Å². The number of rotatable bonds is 2. The van der Waals surface area contributed by atoms with Gasteiger partial charge < -0.3 is 31.2 Å². The summed E-state index contributed by atoms with van der Waals surface area (Å²) >= 11 is 0. The molecule has 2 aromatic rings. The van der Waals surface area contributed by atoms with Crippen molar-refractivity contribution in [1.82, 2.24) is 4.57 Å². The summed E-state index contributed by atoms with van der Waals surface area (Å²) < 4.78 is 1.02. The molecule has 0 bridgehead atoms. The van der Waals surface area contributed by atoms with Gasteiger partial charge in [-0.1, -0.05) is 0 Å². The highest BCUT2D eigenvalue weighted by molar-refractivity contribution is 6.36.